The van der Waals surface area contributed by atoms with E-state index < -0.39 is 58.2 Å². The molecule has 12 nitrogen and oxygen atoms in total. The van der Waals surface area contributed by atoms with Gasteiger partial charge in [0.15, 0.2) is 5.78 Å². The van der Waals surface area contributed by atoms with Crippen molar-refractivity contribution < 1.29 is 161 Å². The molecule has 5 heterocycles. The van der Waals surface area contributed by atoms with Gasteiger partial charge in [-0.3, -0.25) is 40.8 Å². The molecule has 0 spiro atoms. The molecule has 0 saturated heterocycles. The van der Waals surface area contributed by atoms with Gasteiger partial charge < -0.3 is 30.2 Å². The summed E-state index contributed by atoms with van der Waals surface area (Å²) < 4.78 is 105. The van der Waals surface area contributed by atoms with E-state index >= 15 is 0 Å². The number of carbonyl (C=O) groups excluding carboxylic acids is 1. The van der Waals surface area contributed by atoms with Gasteiger partial charge in [0.1, 0.15) is 23.3 Å². The molecule has 531 valence electrons. The maximum absolute atomic E-state index is 13.4. The molecule has 0 aliphatic rings. The molecule has 5 radical (unpaired) electrons. The Morgan fingerprint density at radius 2 is 1.04 bits per heavy atom. The van der Waals surface area contributed by atoms with Crippen LogP contribution < -0.4 is 4.90 Å². The van der Waals surface area contributed by atoms with Crippen LogP contribution in [0.15, 0.2) is 207 Å². The first-order valence-corrected chi connectivity index (χ1v) is 28.2. The third kappa shape index (κ3) is 31.6. The largest absolute Gasteiger partial charge is 0.512 e. The summed E-state index contributed by atoms with van der Waals surface area (Å²) in [4.78, 5) is 38.4. The fraction of sp³-hybridized carbons (Fsp3) is 0.149. The molecular weight excluding hydrogens is 2180 g/mol. The van der Waals surface area contributed by atoms with E-state index in [2.05, 4.69) is 67.5 Å². The Morgan fingerprint density at radius 3 is 1.49 bits per heavy atom. The maximum Gasteiger partial charge on any atom is 0.354 e. The van der Waals surface area contributed by atoms with Crippen molar-refractivity contribution in [1.82, 2.24) is 29.7 Å². The molecule has 0 amide bonds. The first-order chi connectivity index (χ1) is 44.6. The summed E-state index contributed by atoms with van der Waals surface area (Å²) in [6, 6.07) is 60.8. The van der Waals surface area contributed by atoms with Gasteiger partial charge in [0.25, 0.3) is 0 Å². The van der Waals surface area contributed by atoms with E-state index in [4.69, 9.17) is 10.2 Å². The number of anilines is 1. The molecule has 0 aliphatic carbocycles. The van der Waals surface area contributed by atoms with Crippen molar-refractivity contribution in [1.29, 1.82) is 0 Å². The van der Waals surface area contributed by atoms with Gasteiger partial charge in [-0.2, -0.15) is 76.9 Å². The second-order valence-electron chi connectivity index (χ2n) is 21.7. The minimum absolute atomic E-state index is 0. The van der Waals surface area contributed by atoms with Gasteiger partial charge in [0.05, 0.1) is 6.61 Å². The number of carbonyl (C=O) groups is 2. The number of aliphatic hydroxyl groups is 2. The first kappa shape index (κ1) is 91.3. The minimum Gasteiger partial charge on any atom is -0.512 e. The molecule has 99 heavy (non-hydrogen) atoms. The summed E-state index contributed by atoms with van der Waals surface area (Å²) in [6.45, 7) is 11.0. The predicted molar refractivity (Wildman–Crippen MR) is 342 cm³/mol. The number of halogens is 8. The van der Waals surface area contributed by atoms with Crippen molar-refractivity contribution in [2.24, 2.45) is 10.8 Å². The number of aromatic carboxylic acids is 1. The van der Waals surface area contributed by atoms with E-state index in [0.29, 0.717) is 22.4 Å². The quantitative estimate of drug-likeness (QED) is 0.0414. The van der Waals surface area contributed by atoms with Crippen molar-refractivity contribution in [2.75, 3.05) is 19.0 Å². The van der Waals surface area contributed by atoms with Crippen LogP contribution in [-0.2, 0) is 112 Å². The summed E-state index contributed by atoms with van der Waals surface area (Å²) in [7, 11) is 3.73. The molecule has 25 heteroatoms. The Labute approximate surface area is 637 Å². The van der Waals surface area contributed by atoms with Crippen molar-refractivity contribution in [3.05, 3.63) is 307 Å². The number of aromatic nitrogens is 6. The third-order valence-corrected chi connectivity index (χ3v) is 12.2. The molecule has 11 aromatic rings. The standard InChI is InChI=1S/C13H8F2O.C12H10F2N3.C12H6F2.C11H8N.C11H20O2.C9H5F2N2.C6H5NO2.5Ir/c14-11-4-5-12(13(15)7-11)10-3-1-2-9(6-10)8-16;1-17(2)8-5-6-15-10(7-8)9-3-4-11(13)16-12(9)14;13-10-6-7-11(12(14)8-10)9-4-2-1-3-5-9;1-2-6-10(7-3-1)11-8-4-5-9-12-11;1-10(2,3)8(12)7-9(13)11(4,5)6;10-7-2-3-9(8(11)6-7)13-5-1-4-12-13;8-6(9)5-3-1-2-4-7-5;;;;;/h1-2,4,6-7,16H,8H2;4-7H,1-2H3;1-4,6,8H;1-6,8-9H;7,12H,1-6H3;1-2,4-6H;1-4H,(H,8,9);;;;;/q-2;-1;-2;-1;;-1;;;;;;. The van der Waals surface area contributed by atoms with Crippen LogP contribution in [0.1, 0.15) is 57.6 Å². The van der Waals surface area contributed by atoms with Crippen molar-refractivity contribution in [2.45, 2.75) is 48.1 Å². The molecule has 0 bridgehead atoms. The molecule has 11 rings (SSSR count). The zero-order chi connectivity index (χ0) is 69.0. The summed E-state index contributed by atoms with van der Waals surface area (Å²) in [5.41, 5.74) is 4.81. The second kappa shape index (κ2) is 45.8. The molecule has 0 atom stereocenters. The molecular formula is C74H62F8Ir5N7O5-7. The van der Waals surface area contributed by atoms with Gasteiger partial charge in [-0.25, -0.2) is 29.7 Å². The molecule has 5 aromatic heterocycles. The Kier molecular flexibility index (Phi) is 42.2. The van der Waals surface area contributed by atoms with Crippen LogP contribution in [0.25, 0.3) is 50.5 Å². The molecule has 0 fully saturated rings. The smallest absolute Gasteiger partial charge is 0.354 e. The van der Waals surface area contributed by atoms with Crippen molar-refractivity contribution in [3.63, 3.8) is 0 Å². The Bertz CT molecular complexity index is 4170. The van der Waals surface area contributed by atoms with Crippen LogP contribution in [0, 0.1) is 100 Å². The number of allylic oxidation sites excluding steroid dienone is 2. The summed E-state index contributed by atoms with van der Waals surface area (Å²) in [6.07, 6.45) is 9.20. The van der Waals surface area contributed by atoms with Crippen LogP contribution in [0.5, 0.6) is 0 Å². The van der Waals surface area contributed by atoms with E-state index in [9.17, 15) is 49.8 Å². The first-order valence-electron chi connectivity index (χ1n) is 28.2. The summed E-state index contributed by atoms with van der Waals surface area (Å²) in [5.74, 6) is -6.61. The fourth-order valence-electron chi connectivity index (χ4n) is 7.13. The SMILES string of the molecule is CC(C)(C)C(=O)C=C(O)C(C)(C)C.CN(C)c1ccnc(-c2[c-]cc(F)nc2F)c1.Fc1c[c-]c(-c2[c-]cccc2)c(F)c1.Fc1c[c-]c(-n2cccn2)c(F)c1.O=C(O)c1ccccn1.OCc1cc[c-]c(-c2[c-]cc(F)cc2F)c1.[Ir].[Ir].[Ir].[Ir].[Ir].[c-]1ccccc1-c1ccccn1. The van der Waals surface area contributed by atoms with Crippen LogP contribution in [0.4, 0.5) is 40.8 Å². The number of nitrogens with zero attached hydrogens (tertiary/aromatic N) is 7. The number of carboxylic acids is 1. The normalized spacial score (nSPS) is 10.1. The maximum atomic E-state index is 13.4. The number of rotatable bonds is 9. The topological polar surface area (TPSA) is 167 Å². The Hall–Kier alpha value is -7.74. The molecule has 0 aliphatic heterocycles. The predicted octanol–water partition coefficient (Wildman–Crippen LogP) is 16.6. The second-order valence-corrected chi connectivity index (χ2v) is 21.7. The average molecular weight is 2240 g/mol. The van der Waals surface area contributed by atoms with Crippen molar-refractivity contribution >= 4 is 17.4 Å². The molecule has 6 aromatic carbocycles. The summed E-state index contributed by atoms with van der Waals surface area (Å²) >= 11 is 0. The molecule has 0 unspecified atom stereocenters. The van der Waals surface area contributed by atoms with Gasteiger partial charge in [-0.15, -0.1) is 83.9 Å². The minimum atomic E-state index is -0.990. The number of hydrogen-bond acceptors (Lipinski definition) is 10. The van der Waals surface area contributed by atoms with E-state index in [1.165, 1.54) is 29.2 Å². The number of pyridine rings is 4. The zero-order valence-corrected chi connectivity index (χ0v) is 65.7. The number of ketones is 1. The number of carboxylic acid groups (broad SMARTS) is 1. The van der Waals surface area contributed by atoms with E-state index in [1.807, 2.05) is 103 Å². The Morgan fingerprint density at radius 1 is 0.515 bits per heavy atom. The van der Waals surface area contributed by atoms with Crippen LogP contribution in [-0.4, -0.2) is 70.9 Å². The molecule has 0 saturated carbocycles. The van der Waals surface area contributed by atoms with E-state index in [-0.39, 0.29) is 152 Å². The van der Waals surface area contributed by atoms with Crippen LogP contribution in [0.3, 0.4) is 0 Å². The number of benzene rings is 6. The van der Waals surface area contributed by atoms with Gasteiger partial charge in [0.2, 0.25) is 0 Å². The molecule has 3 N–H and O–H groups in total. The average Bonchev–Trinajstić information content (AvgIpc) is 1.19. The summed E-state index contributed by atoms with van der Waals surface area (Å²) in [5, 5.41) is 30.6. The van der Waals surface area contributed by atoms with Crippen LogP contribution in [0.2, 0.25) is 0 Å². The van der Waals surface area contributed by atoms with Crippen LogP contribution >= 0.6 is 0 Å². The van der Waals surface area contributed by atoms with Gasteiger partial charge in [0, 0.05) is 191 Å². The zero-order valence-electron chi connectivity index (χ0n) is 53.7. The fourth-order valence-corrected chi connectivity index (χ4v) is 7.13. The Balaban J connectivity index is 0.00000113. The van der Waals surface area contributed by atoms with Gasteiger partial charge in [-0.1, -0.05) is 89.6 Å². The van der Waals surface area contributed by atoms with Crippen molar-refractivity contribution in [3.8, 4) is 50.5 Å². The third-order valence-electron chi connectivity index (χ3n) is 12.2. The van der Waals surface area contributed by atoms with Gasteiger partial charge >= 0.3 is 5.97 Å². The van der Waals surface area contributed by atoms with E-state index in [0.717, 1.165) is 59.4 Å². The van der Waals surface area contributed by atoms with Gasteiger partial charge in [-0.05, 0) is 59.0 Å². The number of hydrogen-bond donors (Lipinski definition) is 3. The number of aliphatic hydroxyl groups excluding tert-OH is 2. The monoisotopic (exact) mass is 2250 g/mol. The van der Waals surface area contributed by atoms with E-state index in [1.54, 1.807) is 91.4 Å².